The van der Waals surface area contributed by atoms with Crippen molar-refractivity contribution in [3.8, 4) is 0 Å². The molecule has 0 amide bonds. The molecule has 8 heteroatoms. The Hall–Kier alpha value is -2.00. The number of likely N-dealkylation sites (tertiary alicyclic amines) is 1. The zero-order chi connectivity index (χ0) is 20.4. The molecular formula is C20H27NO6S. The zero-order valence-electron chi connectivity index (χ0n) is 15.7. The number of aliphatic hydroxyl groups excluding tert-OH is 1. The molecule has 1 saturated heterocycles. The smallest absolute Gasteiger partial charge is 0.303 e. The van der Waals surface area contributed by atoms with Crippen molar-refractivity contribution in [1.82, 2.24) is 4.90 Å². The number of hydrogen-bond acceptors (Lipinski definition) is 6. The number of hydrogen-bond donors (Lipinski definition) is 3. The molecule has 154 valence electrons. The average Bonchev–Trinajstić information content (AvgIpc) is 3.09. The molecule has 28 heavy (non-hydrogen) atoms. The number of carboxylic acids is 2. The summed E-state index contributed by atoms with van der Waals surface area (Å²) >= 11 is 1.79. The highest BCUT2D eigenvalue weighted by Crippen LogP contribution is 2.21. The highest BCUT2D eigenvalue weighted by atomic mass is 32.1. The van der Waals surface area contributed by atoms with Gasteiger partial charge >= 0.3 is 11.9 Å². The van der Waals surface area contributed by atoms with Crippen molar-refractivity contribution in [2.45, 2.75) is 31.8 Å². The molecular weight excluding hydrogens is 382 g/mol. The monoisotopic (exact) mass is 409 g/mol. The van der Waals surface area contributed by atoms with Gasteiger partial charge in [0.25, 0.3) is 0 Å². The first-order valence-electron chi connectivity index (χ1n) is 9.32. The van der Waals surface area contributed by atoms with Gasteiger partial charge in [-0.15, -0.1) is 11.3 Å². The molecule has 1 aromatic heterocycles. The Balaban J connectivity index is 0.000000300. The first-order valence-corrected chi connectivity index (χ1v) is 10.2. The van der Waals surface area contributed by atoms with Gasteiger partial charge in [0.1, 0.15) is 0 Å². The van der Waals surface area contributed by atoms with Crippen molar-refractivity contribution in [1.29, 1.82) is 0 Å². The maximum Gasteiger partial charge on any atom is 0.303 e. The number of β-amino-alcohol motifs (C(OH)–C–C–N with tert-alkyl or cyclic N) is 1. The van der Waals surface area contributed by atoms with Crippen molar-refractivity contribution in [3.05, 3.63) is 35.2 Å². The van der Waals surface area contributed by atoms with Crippen LogP contribution in [0.5, 0.6) is 0 Å². The molecule has 0 unspecified atom stereocenters. The number of aliphatic hydroxyl groups is 1. The van der Waals surface area contributed by atoms with E-state index in [0.29, 0.717) is 0 Å². The lowest BCUT2D eigenvalue weighted by molar-refractivity contribution is -0.143. The van der Waals surface area contributed by atoms with Crippen LogP contribution in [0.25, 0.3) is 10.1 Å². The van der Waals surface area contributed by atoms with E-state index in [1.54, 1.807) is 11.3 Å². The van der Waals surface area contributed by atoms with Gasteiger partial charge in [-0.2, -0.15) is 0 Å². The molecule has 0 atom stereocenters. The Bertz CT molecular complexity index is 742. The first-order chi connectivity index (χ1) is 13.4. The van der Waals surface area contributed by atoms with Crippen LogP contribution in [0.4, 0.5) is 0 Å². The molecule has 1 aliphatic rings. The van der Waals surface area contributed by atoms with Crippen LogP contribution in [0.3, 0.4) is 0 Å². The standard InChI is InChI=1S/C16H21NO2S.C4H6O4/c18-15-11-17(12-15)6-1-7-19-8-4-13-2-3-16-14(10-13)5-9-20-16;5-3(6)1-2-4(7)8/h2-3,5,9-10,15,18H,1,4,6-8,11-12H2;1-2H2,(H,5,6)(H,7,8). The maximum atomic E-state index is 9.64. The predicted molar refractivity (Wildman–Crippen MR) is 108 cm³/mol. The Morgan fingerprint density at radius 3 is 2.46 bits per heavy atom. The minimum atomic E-state index is -1.08. The first kappa shape index (κ1) is 22.3. The molecule has 7 nitrogen and oxygen atoms in total. The Morgan fingerprint density at radius 1 is 1.11 bits per heavy atom. The van der Waals surface area contributed by atoms with Gasteiger partial charge in [-0.3, -0.25) is 14.5 Å². The van der Waals surface area contributed by atoms with Gasteiger partial charge in [0.2, 0.25) is 0 Å². The van der Waals surface area contributed by atoms with E-state index in [0.717, 1.165) is 45.7 Å². The summed E-state index contributed by atoms with van der Waals surface area (Å²) in [6, 6.07) is 8.83. The number of carbonyl (C=O) groups is 2. The van der Waals surface area contributed by atoms with Gasteiger partial charge in [-0.25, -0.2) is 0 Å². The number of fused-ring (bicyclic) bond motifs is 1. The second-order valence-corrected chi connectivity index (χ2v) is 7.66. The fourth-order valence-corrected chi connectivity index (χ4v) is 3.56. The Kier molecular flexibility index (Phi) is 9.36. The Labute approximate surface area is 168 Å². The van der Waals surface area contributed by atoms with Crippen LogP contribution >= 0.6 is 11.3 Å². The van der Waals surface area contributed by atoms with Crippen LogP contribution in [-0.2, 0) is 20.7 Å². The van der Waals surface area contributed by atoms with E-state index in [2.05, 4.69) is 34.5 Å². The predicted octanol–water partition coefficient (Wildman–Crippen LogP) is 2.46. The fraction of sp³-hybridized carbons (Fsp3) is 0.500. The third-order valence-corrected chi connectivity index (χ3v) is 5.20. The average molecular weight is 410 g/mol. The summed E-state index contributed by atoms with van der Waals surface area (Å²) in [5.74, 6) is -2.15. The molecule has 0 radical (unpaired) electrons. The molecule has 2 heterocycles. The lowest BCUT2D eigenvalue weighted by Gasteiger charge is -2.35. The van der Waals surface area contributed by atoms with Crippen molar-refractivity contribution >= 4 is 33.4 Å². The summed E-state index contributed by atoms with van der Waals surface area (Å²) in [4.78, 5) is 21.5. The Morgan fingerprint density at radius 2 is 1.82 bits per heavy atom. The van der Waals surface area contributed by atoms with Gasteiger partial charge < -0.3 is 20.1 Å². The topological polar surface area (TPSA) is 107 Å². The summed E-state index contributed by atoms with van der Waals surface area (Å²) < 4.78 is 7.04. The van der Waals surface area contributed by atoms with Crippen LogP contribution < -0.4 is 0 Å². The van der Waals surface area contributed by atoms with Crippen LogP contribution in [0.15, 0.2) is 29.6 Å². The van der Waals surface area contributed by atoms with Gasteiger partial charge in [0.15, 0.2) is 0 Å². The number of aliphatic carboxylic acids is 2. The SMILES string of the molecule is O=C(O)CCC(=O)O.OC1CN(CCCOCCc2ccc3sccc3c2)C1. The summed E-state index contributed by atoms with van der Waals surface area (Å²) in [6.07, 6.45) is 1.35. The van der Waals surface area contributed by atoms with E-state index in [1.165, 1.54) is 15.6 Å². The van der Waals surface area contributed by atoms with E-state index in [4.69, 9.17) is 14.9 Å². The number of thiophene rings is 1. The summed E-state index contributed by atoms with van der Waals surface area (Å²) in [5, 5.41) is 28.4. The van der Waals surface area contributed by atoms with Gasteiger partial charge in [0.05, 0.1) is 25.6 Å². The zero-order valence-corrected chi connectivity index (χ0v) is 16.6. The molecule has 1 aliphatic heterocycles. The number of nitrogens with zero attached hydrogens (tertiary/aromatic N) is 1. The second kappa shape index (κ2) is 11.8. The van der Waals surface area contributed by atoms with Crippen LogP contribution in [-0.4, -0.2) is 71.1 Å². The van der Waals surface area contributed by atoms with E-state index < -0.39 is 11.9 Å². The number of ether oxygens (including phenoxy) is 1. The molecule has 2 aromatic rings. The number of carboxylic acid groups (broad SMARTS) is 2. The minimum absolute atomic E-state index is 0.0945. The molecule has 3 N–H and O–H groups in total. The summed E-state index contributed by atoms with van der Waals surface area (Å²) in [6.45, 7) is 4.31. The molecule has 1 fully saturated rings. The van der Waals surface area contributed by atoms with Gasteiger partial charge in [-0.05, 0) is 41.3 Å². The molecule has 0 spiro atoms. The normalized spacial score (nSPS) is 14.3. The van der Waals surface area contributed by atoms with Crippen molar-refractivity contribution < 1.29 is 29.6 Å². The van der Waals surface area contributed by atoms with Gasteiger partial charge in [-0.1, -0.05) is 12.1 Å². The minimum Gasteiger partial charge on any atom is -0.481 e. The lowest BCUT2D eigenvalue weighted by atomic mass is 10.1. The van der Waals surface area contributed by atoms with Crippen LogP contribution in [0, 0.1) is 0 Å². The van der Waals surface area contributed by atoms with Crippen molar-refractivity contribution in [2.24, 2.45) is 0 Å². The van der Waals surface area contributed by atoms with Crippen molar-refractivity contribution in [2.75, 3.05) is 32.8 Å². The van der Waals surface area contributed by atoms with Crippen LogP contribution in [0.2, 0.25) is 0 Å². The molecule has 1 aromatic carbocycles. The van der Waals surface area contributed by atoms with E-state index in [9.17, 15) is 14.7 Å². The molecule has 0 bridgehead atoms. The molecule has 3 rings (SSSR count). The quantitative estimate of drug-likeness (QED) is 0.518. The molecule has 0 saturated carbocycles. The number of benzene rings is 1. The van der Waals surface area contributed by atoms with E-state index >= 15 is 0 Å². The third-order valence-electron chi connectivity index (χ3n) is 4.31. The molecule has 0 aliphatic carbocycles. The lowest BCUT2D eigenvalue weighted by Crippen LogP contribution is -2.50. The van der Waals surface area contributed by atoms with Gasteiger partial charge in [0, 0.05) is 30.9 Å². The second-order valence-electron chi connectivity index (χ2n) is 6.71. The largest absolute Gasteiger partial charge is 0.481 e. The maximum absolute atomic E-state index is 9.64. The van der Waals surface area contributed by atoms with E-state index in [1.807, 2.05) is 0 Å². The highest BCUT2D eigenvalue weighted by molar-refractivity contribution is 7.17. The van der Waals surface area contributed by atoms with Crippen LogP contribution in [0.1, 0.15) is 24.8 Å². The summed E-state index contributed by atoms with van der Waals surface area (Å²) in [5.41, 5.74) is 1.35. The number of rotatable bonds is 10. The highest BCUT2D eigenvalue weighted by Gasteiger charge is 2.22. The third kappa shape index (κ3) is 8.35. The fourth-order valence-electron chi connectivity index (χ4n) is 2.79. The van der Waals surface area contributed by atoms with E-state index in [-0.39, 0.29) is 18.9 Å². The summed E-state index contributed by atoms with van der Waals surface area (Å²) in [7, 11) is 0. The van der Waals surface area contributed by atoms with Crippen molar-refractivity contribution in [3.63, 3.8) is 0 Å².